The number of aromatic amines is 2. The summed E-state index contributed by atoms with van der Waals surface area (Å²) in [5.74, 6) is 7.91. The molecular formula is C47H52ClN9O3. The Balaban J connectivity index is 0.000000184. The van der Waals surface area contributed by atoms with Gasteiger partial charge >= 0.3 is 0 Å². The molecule has 60 heavy (non-hydrogen) atoms. The molecule has 0 atom stereocenters. The molecule has 13 heteroatoms. The fourth-order valence-electron chi connectivity index (χ4n) is 6.42. The fraction of sp³-hybridized carbons (Fsp3) is 0.213. The number of nitrogen functional groups attached to an aromatic ring is 1. The number of hydrazine groups is 1. The molecule has 0 aliphatic heterocycles. The Labute approximate surface area is 354 Å². The molecule has 6 N–H and O–H groups in total. The van der Waals surface area contributed by atoms with Gasteiger partial charge in [-0.2, -0.15) is 9.78 Å². The molecule has 8 rings (SSSR count). The summed E-state index contributed by atoms with van der Waals surface area (Å²) in [5, 5.41) is 19.8. The lowest BCUT2D eigenvalue weighted by atomic mass is 10.0. The maximum atomic E-state index is 13.0. The molecule has 0 aliphatic carbocycles. The molecule has 0 aliphatic rings. The summed E-state index contributed by atoms with van der Waals surface area (Å²) in [6.07, 6.45) is 0. The van der Waals surface area contributed by atoms with Crippen LogP contribution in [0.25, 0.3) is 32.9 Å². The van der Waals surface area contributed by atoms with Crippen LogP contribution in [0.2, 0.25) is 0 Å². The van der Waals surface area contributed by atoms with Crippen LogP contribution in [0.15, 0.2) is 142 Å². The maximum absolute atomic E-state index is 13.0. The van der Waals surface area contributed by atoms with E-state index in [9.17, 15) is 14.4 Å². The molecule has 8 aromatic rings. The molecular weight excluding hydrogens is 774 g/mol. The first-order valence-electron chi connectivity index (χ1n) is 19.7. The topological polar surface area (TPSA) is 169 Å². The van der Waals surface area contributed by atoms with Crippen molar-refractivity contribution in [2.24, 2.45) is 5.84 Å². The van der Waals surface area contributed by atoms with Gasteiger partial charge in [0.15, 0.2) is 11.6 Å². The summed E-state index contributed by atoms with van der Waals surface area (Å²) in [6, 6.07) is 39.9. The van der Waals surface area contributed by atoms with Crippen LogP contribution in [0, 0.1) is 6.92 Å². The number of hydrogen-bond donors (Lipinski definition) is 5. The van der Waals surface area contributed by atoms with E-state index in [1.807, 2.05) is 97.9 Å². The van der Waals surface area contributed by atoms with Gasteiger partial charge in [-0.15, -0.1) is 17.5 Å². The number of fused-ring (bicyclic) bond motifs is 2. The normalized spacial score (nSPS) is 10.8. The largest absolute Gasteiger partial charge is 0.324 e. The Morgan fingerprint density at radius 3 is 1.55 bits per heavy atom. The third-order valence-electron chi connectivity index (χ3n) is 9.94. The van der Waals surface area contributed by atoms with Gasteiger partial charge in [-0.3, -0.25) is 30.4 Å². The van der Waals surface area contributed by atoms with Crippen LogP contribution in [-0.2, 0) is 0 Å². The molecule has 0 spiro atoms. The lowest BCUT2D eigenvalue weighted by molar-refractivity contribution is 0.798. The van der Waals surface area contributed by atoms with Crippen LogP contribution in [0.1, 0.15) is 81.7 Å². The minimum Gasteiger partial charge on any atom is -0.324 e. The van der Waals surface area contributed by atoms with Crippen molar-refractivity contribution >= 4 is 51.3 Å². The number of aryl methyl sites for hydroxylation is 1. The van der Waals surface area contributed by atoms with Crippen molar-refractivity contribution in [1.29, 1.82) is 0 Å². The number of hydrogen-bond acceptors (Lipinski definition) is 8. The van der Waals surface area contributed by atoms with Gasteiger partial charge in [0, 0.05) is 22.8 Å². The minimum absolute atomic E-state index is 0. The van der Waals surface area contributed by atoms with Gasteiger partial charge in [-0.1, -0.05) is 108 Å². The highest BCUT2D eigenvalue weighted by Gasteiger charge is 2.14. The first-order valence-corrected chi connectivity index (χ1v) is 19.7. The number of anilines is 3. The second-order valence-electron chi connectivity index (χ2n) is 15.2. The average molecular weight is 826 g/mol. The Morgan fingerprint density at radius 2 is 1.07 bits per heavy atom. The molecule has 3 aromatic heterocycles. The van der Waals surface area contributed by atoms with E-state index in [1.165, 1.54) is 26.1 Å². The first-order chi connectivity index (χ1) is 28.3. The van der Waals surface area contributed by atoms with E-state index in [4.69, 9.17) is 5.84 Å². The number of rotatable bonds is 8. The minimum atomic E-state index is -0.266. The van der Waals surface area contributed by atoms with Crippen LogP contribution in [0.3, 0.4) is 0 Å². The Morgan fingerprint density at radius 1 is 0.600 bits per heavy atom. The standard InChI is InChI=1S/C21H21N5O.C17H16N2O2.C9H14N2.ClH/c1-13(2)15-8-10-16(11-9-15)26-21(27)18-7-5-4-6-17(18)20(25-26)22-19-12-14(3)23-24-19;1-11(2)12-7-9-13(10-8-12)19-17(21)15-6-4-3-5-14(15)16(20)18-19;1-7(2)8-3-5-9(11-10)6-4-8;/h4-13H,1-3H3,(H2,22,23,24,25);3-11H,1-2H3,(H,18,20);3-7,11H,10H2,1-2H3;1H. The lowest BCUT2D eigenvalue weighted by Gasteiger charge is -2.12. The molecule has 0 bridgehead atoms. The number of benzene rings is 5. The van der Waals surface area contributed by atoms with Gasteiger partial charge in [-0.05, 0) is 96.0 Å². The molecule has 0 saturated heterocycles. The number of aromatic nitrogens is 6. The van der Waals surface area contributed by atoms with Crippen molar-refractivity contribution in [3.63, 3.8) is 0 Å². The first kappa shape index (κ1) is 44.3. The average Bonchev–Trinajstić information content (AvgIpc) is 3.67. The van der Waals surface area contributed by atoms with Crippen molar-refractivity contribution < 1.29 is 0 Å². The number of H-pyrrole nitrogens is 2. The second kappa shape index (κ2) is 19.8. The Kier molecular flexibility index (Phi) is 14.6. The zero-order valence-corrected chi connectivity index (χ0v) is 35.7. The van der Waals surface area contributed by atoms with Crippen LogP contribution >= 0.6 is 12.4 Å². The molecule has 0 fully saturated rings. The van der Waals surface area contributed by atoms with Gasteiger partial charge < -0.3 is 10.7 Å². The zero-order chi connectivity index (χ0) is 42.2. The predicted molar refractivity (Wildman–Crippen MR) is 248 cm³/mol. The highest BCUT2D eigenvalue weighted by atomic mass is 35.5. The molecule has 3 heterocycles. The van der Waals surface area contributed by atoms with Crippen LogP contribution in [-0.4, -0.2) is 29.8 Å². The number of nitrogens with two attached hydrogens (primary N) is 1. The molecule has 0 unspecified atom stereocenters. The highest BCUT2D eigenvalue weighted by molar-refractivity contribution is 5.92. The van der Waals surface area contributed by atoms with E-state index >= 15 is 0 Å². The van der Waals surface area contributed by atoms with Crippen molar-refractivity contribution in [2.75, 3.05) is 10.7 Å². The van der Waals surface area contributed by atoms with E-state index in [-0.39, 0.29) is 29.1 Å². The number of nitrogens with one attached hydrogen (secondary N) is 4. The van der Waals surface area contributed by atoms with Crippen molar-refractivity contribution in [2.45, 2.75) is 66.2 Å². The molecule has 0 saturated carbocycles. The summed E-state index contributed by atoms with van der Waals surface area (Å²) >= 11 is 0. The predicted octanol–water partition coefficient (Wildman–Crippen LogP) is 9.60. The fourth-order valence-corrected chi connectivity index (χ4v) is 6.42. The van der Waals surface area contributed by atoms with Crippen molar-refractivity contribution in [3.8, 4) is 11.4 Å². The third-order valence-corrected chi connectivity index (χ3v) is 9.94. The summed E-state index contributed by atoms with van der Waals surface area (Å²) in [7, 11) is 0. The van der Waals surface area contributed by atoms with E-state index < -0.39 is 0 Å². The van der Waals surface area contributed by atoms with Gasteiger partial charge in [0.2, 0.25) is 0 Å². The van der Waals surface area contributed by atoms with Crippen molar-refractivity contribution in [1.82, 2.24) is 29.8 Å². The van der Waals surface area contributed by atoms with Crippen LogP contribution < -0.4 is 33.3 Å². The molecule has 0 amide bonds. The second-order valence-corrected chi connectivity index (χ2v) is 15.2. The lowest BCUT2D eigenvalue weighted by Crippen LogP contribution is -2.28. The van der Waals surface area contributed by atoms with Gasteiger partial charge in [0.25, 0.3) is 16.7 Å². The molecule has 5 aromatic carbocycles. The monoisotopic (exact) mass is 825 g/mol. The van der Waals surface area contributed by atoms with Crippen LogP contribution in [0.4, 0.5) is 17.3 Å². The Bertz CT molecular complexity index is 2840. The van der Waals surface area contributed by atoms with E-state index in [1.54, 1.807) is 24.3 Å². The maximum Gasteiger partial charge on any atom is 0.279 e. The van der Waals surface area contributed by atoms with Crippen molar-refractivity contribution in [3.05, 3.63) is 181 Å². The SMILES string of the molecule is CC(C)c1ccc(-n2[nH]c(=O)c3ccccc3c2=O)cc1.CC(C)c1ccc(NN)cc1.Cc1cc(Nc2nn(-c3ccc(C(C)C)cc3)c(=O)c3ccccc23)n[nH]1.Cl. The van der Waals surface area contributed by atoms with E-state index in [2.05, 4.69) is 84.8 Å². The Hall–Kier alpha value is -6.76. The van der Waals surface area contributed by atoms with Gasteiger partial charge in [-0.25, -0.2) is 4.68 Å². The zero-order valence-electron chi connectivity index (χ0n) is 34.9. The van der Waals surface area contributed by atoms with E-state index in [0.717, 1.165) is 22.5 Å². The summed E-state index contributed by atoms with van der Waals surface area (Å²) < 4.78 is 2.74. The number of halogens is 1. The van der Waals surface area contributed by atoms with E-state index in [0.29, 0.717) is 51.2 Å². The van der Waals surface area contributed by atoms with Gasteiger partial charge in [0.1, 0.15) is 0 Å². The quantitative estimate of drug-likeness (QED) is 0.0746. The summed E-state index contributed by atoms with van der Waals surface area (Å²) in [5.41, 5.74) is 9.00. The number of nitrogens with zero attached hydrogens (tertiary/aromatic N) is 4. The smallest absolute Gasteiger partial charge is 0.279 e. The molecule has 12 nitrogen and oxygen atoms in total. The third kappa shape index (κ3) is 10.3. The molecule has 0 radical (unpaired) electrons. The summed E-state index contributed by atoms with van der Waals surface area (Å²) in [6.45, 7) is 14.8. The highest BCUT2D eigenvalue weighted by Crippen LogP contribution is 2.24. The van der Waals surface area contributed by atoms with Crippen LogP contribution in [0.5, 0.6) is 0 Å². The molecule has 310 valence electrons. The summed E-state index contributed by atoms with van der Waals surface area (Å²) in [4.78, 5) is 37.6. The van der Waals surface area contributed by atoms with Gasteiger partial charge in [0.05, 0.1) is 27.5 Å².